The van der Waals surface area contributed by atoms with Gasteiger partial charge in [0, 0.05) is 12.6 Å². The van der Waals surface area contributed by atoms with E-state index in [4.69, 9.17) is 5.26 Å². The molecule has 0 radical (unpaired) electrons. The molecule has 0 unspecified atom stereocenters. The van der Waals surface area contributed by atoms with Crippen molar-refractivity contribution in [3.8, 4) is 6.07 Å². The van der Waals surface area contributed by atoms with Crippen molar-refractivity contribution < 1.29 is 4.79 Å². The van der Waals surface area contributed by atoms with Crippen LogP contribution in [0.4, 0.5) is 0 Å². The summed E-state index contributed by atoms with van der Waals surface area (Å²) in [5.74, 6) is 0.0566. The van der Waals surface area contributed by atoms with Gasteiger partial charge in [0.25, 0.3) is 0 Å². The number of benzene rings is 1. The molecule has 2 rings (SSSR count). The van der Waals surface area contributed by atoms with E-state index in [9.17, 15) is 4.79 Å². The van der Waals surface area contributed by atoms with Crippen molar-refractivity contribution >= 4 is 5.91 Å². The second-order valence-corrected chi connectivity index (χ2v) is 4.25. The quantitative estimate of drug-likeness (QED) is 0.789. The molecule has 1 aliphatic rings. The number of nitrogens with one attached hydrogen (secondary N) is 2. The van der Waals surface area contributed by atoms with Crippen LogP contribution in [0.1, 0.15) is 24.0 Å². The summed E-state index contributed by atoms with van der Waals surface area (Å²) in [5.41, 5.74) is 1.73. The zero-order chi connectivity index (χ0) is 12.1. The molecule has 0 aromatic heterocycles. The molecule has 0 saturated heterocycles. The van der Waals surface area contributed by atoms with E-state index in [1.807, 2.05) is 12.1 Å². The predicted molar refractivity (Wildman–Crippen MR) is 64.0 cm³/mol. The monoisotopic (exact) mass is 229 g/mol. The second-order valence-electron chi connectivity index (χ2n) is 4.25. The molecule has 1 aromatic carbocycles. The molecule has 2 N–H and O–H groups in total. The number of hydrogen-bond acceptors (Lipinski definition) is 3. The zero-order valence-electron chi connectivity index (χ0n) is 9.57. The van der Waals surface area contributed by atoms with Gasteiger partial charge in [-0.1, -0.05) is 12.1 Å². The molecule has 1 aliphatic carbocycles. The van der Waals surface area contributed by atoms with E-state index < -0.39 is 0 Å². The van der Waals surface area contributed by atoms with E-state index in [1.165, 1.54) is 0 Å². The molecule has 0 heterocycles. The van der Waals surface area contributed by atoms with Gasteiger partial charge in [-0.3, -0.25) is 4.79 Å². The Hall–Kier alpha value is -1.86. The van der Waals surface area contributed by atoms with Crippen molar-refractivity contribution in [2.75, 3.05) is 6.54 Å². The lowest BCUT2D eigenvalue weighted by atomic mass is 10.1. The highest BCUT2D eigenvalue weighted by molar-refractivity contribution is 5.78. The number of hydrogen-bond donors (Lipinski definition) is 2. The minimum Gasteiger partial charge on any atom is -0.352 e. The van der Waals surface area contributed by atoms with Crippen LogP contribution in [0.5, 0.6) is 0 Å². The van der Waals surface area contributed by atoms with Crippen LogP contribution >= 0.6 is 0 Å². The van der Waals surface area contributed by atoms with Gasteiger partial charge >= 0.3 is 0 Å². The molecule has 1 fully saturated rings. The number of nitrogens with zero attached hydrogens (tertiary/aromatic N) is 1. The first-order valence-corrected chi connectivity index (χ1v) is 5.77. The van der Waals surface area contributed by atoms with Crippen molar-refractivity contribution in [3.05, 3.63) is 35.4 Å². The Bertz CT molecular complexity index is 429. The van der Waals surface area contributed by atoms with Gasteiger partial charge in [0.2, 0.25) is 5.91 Å². The van der Waals surface area contributed by atoms with E-state index in [0.29, 0.717) is 24.7 Å². The molecule has 4 heteroatoms. The fourth-order valence-corrected chi connectivity index (χ4v) is 1.52. The minimum absolute atomic E-state index is 0.0566. The smallest absolute Gasteiger partial charge is 0.234 e. The molecule has 1 amide bonds. The number of carbonyl (C=O) groups excluding carboxylic acids is 1. The second kappa shape index (κ2) is 5.46. The summed E-state index contributed by atoms with van der Waals surface area (Å²) in [6.07, 6.45) is 2.22. The van der Waals surface area contributed by atoms with Gasteiger partial charge < -0.3 is 10.6 Å². The third-order valence-electron chi connectivity index (χ3n) is 2.64. The van der Waals surface area contributed by atoms with Crippen LogP contribution in [0, 0.1) is 11.3 Å². The normalized spacial score (nSPS) is 14.1. The first-order valence-electron chi connectivity index (χ1n) is 5.77. The molecule has 0 bridgehead atoms. The maximum absolute atomic E-state index is 11.4. The Morgan fingerprint density at radius 2 is 2.06 bits per heavy atom. The molecule has 0 spiro atoms. The molecular formula is C13H15N3O. The van der Waals surface area contributed by atoms with Gasteiger partial charge in [-0.2, -0.15) is 5.26 Å². The van der Waals surface area contributed by atoms with Crippen LogP contribution in [0.25, 0.3) is 0 Å². The van der Waals surface area contributed by atoms with Crippen molar-refractivity contribution in [2.24, 2.45) is 0 Å². The highest BCUT2D eigenvalue weighted by atomic mass is 16.2. The van der Waals surface area contributed by atoms with E-state index in [1.54, 1.807) is 12.1 Å². The molecular weight excluding hydrogens is 214 g/mol. The molecule has 1 aromatic rings. The SMILES string of the molecule is N#Cc1ccc(CNCC(=O)NC2CC2)cc1. The Morgan fingerprint density at radius 3 is 2.65 bits per heavy atom. The highest BCUT2D eigenvalue weighted by Gasteiger charge is 2.22. The van der Waals surface area contributed by atoms with Crippen molar-refractivity contribution in [1.82, 2.24) is 10.6 Å². The average molecular weight is 229 g/mol. The van der Waals surface area contributed by atoms with E-state index in [0.717, 1.165) is 18.4 Å². The first-order chi connectivity index (χ1) is 8.28. The highest BCUT2D eigenvalue weighted by Crippen LogP contribution is 2.18. The molecule has 1 saturated carbocycles. The first kappa shape index (κ1) is 11.6. The molecule has 88 valence electrons. The summed E-state index contributed by atoms with van der Waals surface area (Å²) in [5, 5.41) is 14.6. The van der Waals surface area contributed by atoms with Gasteiger partial charge in [0.05, 0.1) is 18.2 Å². The summed E-state index contributed by atoms with van der Waals surface area (Å²) in [7, 11) is 0. The fraction of sp³-hybridized carbons (Fsp3) is 0.385. The van der Waals surface area contributed by atoms with Gasteiger partial charge in [-0.05, 0) is 30.5 Å². The Balaban J connectivity index is 1.69. The maximum atomic E-state index is 11.4. The lowest BCUT2D eigenvalue weighted by Crippen LogP contribution is -2.34. The summed E-state index contributed by atoms with van der Waals surface area (Å²) in [4.78, 5) is 11.4. The third kappa shape index (κ3) is 3.89. The topological polar surface area (TPSA) is 64.9 Å². The van der Waals surface area contributed by atoms with E-state index in [-0.39, 0.29) is 5.91 Å². The number of nitriles is 1. The van der Waals surface area contributed by atoms with Crippen LogP contribution in [-0.4, -0.2) is 18.5 Å². The van der Waals surface area contributed by atoms with Crippen molar-refractivity contribution in [2.45, 2.75) is 25.4 Å². The van der Waals surface area contributed by atoms with Crippen LogP contribution in [0.15, 0.2) is 24.3 Å². The minimum atomic E-state index is 0.0566. The average Bonchev–Trinajstić information content (AvgIpc) is 3.14. The Morgan fingerprint density at radius 1 is 1.35 bits per heavy atom. The van der Waals surface area contributed by atoms with E-state index in [2.05, 4.69) is 16.7 Å². The largest absolute Gasteiger partial charge is 0.352 e. The Kier molecular flexibility index (Phi) is 3.73. The van der Waals surface area contributed by atoms with Crippen molar-refractivity contribution in [1.29, 1.82) is 5.26 Å². The van der Waals surface area contributed by atoms with Gasteiger partial charge in [-0.25, -0.2) is 0 Å². The molecule has 0 atom stereocenters. The van der Waals surface area contributed by atoms with Gasteiger partial charge in [0.1, 0.15) is 0 Å². The fourth-order valence-electron chi connectivity index (χ4n) is 1.52. The zero-order valence-corrected chi connectivity index (χ0v) is 9.57. The van der Waals surface area contributed by atoms with Crippen LogP contribution < -0.4 is 10.6 Å². The van der Waals surface area contributed by atoms with Gasteiger partial charge in [-0.15, -0.1) is 0 Å². The lowest BCUT2D eigenvalue weighted by Gasteiger charge is -2.05. The summed E-state index contributed by atoms with van der Waals surface area (Å²) >= 11 is 0. The summed E-state index contributed by atoms with van der Waals surface area (Å²) in [6.45, 7) is 0.986. The lowest BCUT2D eigenvalue weighted by molar-refractivity contribution is -0.120. The predicted octanol–water partition coefficient (Wildman–Crippen LogP) is 0.926. The van der Waals surface area contributed by atoms with Crippen molar-refractivity contribution in [3.63, 3.8) is 0 Å². The number of rotatable bonds is 5. The molecule has 0 aliphatic heterocycles. The summed E-state index contributed by atoms with van der Waals surface area (Å²) in [6, 6.07) is 9.83. The summed E-state index contributed by atoms with van der Waals surface area (Å²) < 4.78 is 0. The number of amides is 1. The standard InChI is InChI=1S/C13H15N3O/c14-7-10-1-3-11(4-2-10)8-15-9-13(17)16-12-5-6-12/h1-4,12,15H,5-6,8-9H2,(H,16,17). The van der Waals surface area contributed by atoms with E-state index >= 15 is 0 Å². The molecule has 17 heavy (non-hydrogen) atoms. The van der Waals surface area contributed by atoms with Gasteiger partial charge in [0.15, 0.2) is 0 Å². The van der Waals surface area contributed by atoms with Crippen LogP contribution in [0.3, 0.4) is 0 Å². The number of carbonyl (C=O) groups is 1. The third-order valence-corrected chi connectivity index (χ3v) is 2.64. The Labute approximate surface area is 101 Å². The van der Waals surface area contributed by atoms with Crippen LogP contribution in [0.2, 0.25) is 0 Å². The maximum Gasteiger partial charge on any atom is 0.234 e. The molecule has 4 nitrogen and oxygen atoms in total. The van der Waals surface area contributed by atoms with Crippen LogP contribution in [-0.2, 0) is 11.3 Å².